The van der Waals surface area contributed by atoms with E-state index in [4.69, 9.17) is 4.74 Å². The lowest BCUT2D eigenvalue weighted by atomic mass is 10.0. The molecular weight excluding hydrogens is 470 g/mol. The third kappa shape index (κ3) is 4.52. The first-order valence-electron chi connectivity index (χ1n) is 12.1. The highest BCUT2D eigenvalue weighted by Gasteiger charge is 2.14. The third-order valence-corrected chi connectivity index (χ3v) is 6.20. The molecule has 0 radical (unpaired) electrons. The number of rotatable bonds is 6. The van der Waals surface area contributed by atoms with Gasteiger partial charge in [-0.05, 0) is 48.0 Å². The fraction of sp³-hybridized carbons (Fsp3) is 0. The molecule has 180 valence electrons. The van der Waals surface area contributed by atoms with Crippen LogP contribution in [0, 0.1) is 11.3 Å². The molecule has 1 N–H and O–H groups in total. The molecule has 6 aromatic rings. The van der Waals surface area contributed by atoms with Crippen molar-refractivity contribution in [3.05, 3.63) is 127 Å². The van der Waals surface area contributed by atoms with Crippen molar-refractivity contribution < 1.29 is 4.74 Å². The van der Waals surface area contributed by atoms with Crippen LogP contribution in [0.5, 0.6) is 11.5 Å². The van der Waals surface area contributed by atoms with Gasteiger partial charge in [-0.25, -0.2) is 0 Å². The Labute approximate surface area is 219 Å². The number of hydrogen-bond acceptors (Lipinski definition) is 6. The Morgan fingerprint density at radius 2 is 1.39 bits per heavy atom. The van der Waals surface area contributed by atoms with Crippen LogP contribution in [0.2, 0.25) is 0 Å². The lowest BCUT2D eigenvalue weighted by Crippen LogP contribution is -1.99. The van der Waals surface area contributed by atoms with Crippen molar-refractivity contribution in [1.82, 2.24) is 15.2 Å². The molecule has 0 fully saturated rings. The summed E-state index contributed by atoms with van der Waals surface area (Å²) in [5.74, 6) is 1.79. The summed E-state index contributed by atoms with van der Waals surface area (Å²) in [6.45, 7) is 0. The molecule has 0 aliphatic rings. The molecule has 0 saturated heterocycles. The largest absolute Gasteiger partial charge is 0.455 e. The number of benzene rings is 4. The van der Waals surface area contributed by atoms with Gasteiger partial charge in [-0.1, -0.05) is 66.7 Å². The lowest BCUT2D eigenvalue weighted by Gasteiger charge is -2.14. The van der Waals surface area contributed by atoms with Crippen molar-refractivity contribution in [3.63, 3.8) is 0 Å². The number of pyridine rings is 1. The fourth-order valence-corrected chi connectivity index (χ4v) is 4.36. The van der Waals surface area contributed by atoms with Crippen molar-refractivity contribution in [2.24, 2.45) is 0 Å². The van der Waals surface area contributed by atoms with E-state index in [-0.39, 0.29) is 0 Å². The van der Waals surface area contributed by atoms with E-state index in [9.17, 15) is 5.26 Å². The molecule has 0 unspecified atom stereocenters. The van der Waals surface area contributed by atoms with Crippen LogP contribution in [0.3, 0.4) is 0 Å². The Morgan fingerprint density at radius 1 is 0.658 bits per heavy atom. The number of nitrogens with one attached hydrogen (secondary N) is 1. The average molecular weight is 492 g/mol. The number of anilines is 2. The van der Waals surface area contributed by atoms with Crippen molar-refractivity contribution in [3.8, 4) is 40.0 Å². The molecular formula is C32H21N5O. The molecule has 4 aromatic carbocycles. The van der Waals surface area contributed by atoms with Crippen LogP contribution in [-0.2, 0) is 0 Å². The van der Waals surface area contributed by atoms with Crippen LogP contribution in [0.25, 0.3) is 33.2 Å². The molecule has 0 bridgehead atoms. The van der Waals surface area contributed by atoms with Gasteiger partial charge < -0.3 is 10.1 Å². The first kappa shape index (κ1) is 22.9. The molecule has 0 atom stereocenters. The minimum absolute atomic E-state index is 0.460. The van der Waals surface area contributed by atoms with Crippen LogP contribution >= 0.6 is 0 Å². The van der Waals surface area contributed by atoms with Gasteiger partial charge in [0, 0.05) is 40.0 Å². The number of nitrogens with zero attached hydrogens (tertiary/aromatic N) is 4. The second-order valence-electron chi connectivity index (χ2n) is 8.59. The van der Waals surface area contributed by atoms with Crippen LogP contribution in [0.4, 0.5) is 11.5 Å². The van der Waals surface area contributed by atoms with Crippen LogP contribution < -0.4 is 10.1 Å². The van der Waals surface area contributed by atoms with Gasteiger partial charge in [-0.3, -0.25) is 4.98 Å². The predicted molar refractivity (Wildman–Crippen MR) is 149 cm³/mol. The Hall–Kier alpha value is -5.54. The Balaban J connectivity index is 1.29. The second kappa shape index (κ2) is 10.2. The van der Waals surface area contributed by atoms with E-state index in [0.717, 1.165) is 38.8 Å². The number of aromatic nitrogens is 3. The second-order valence-corrected chi connectivity index (χ2v) is 8.59. The minimum Gasteiger partial charge on any atom is -0.455 e. The molecule has 6 nitrogen and oxygen atoms in total. The van der Waals surface area contributed by atoms with Crippen molar-refractivity contribution in [2.75, 3.05) is 5.32 Å². The van der Waals surface area contributed by atoms with E-state index < -0.39 is 0 Å². The number of nitriles is 1. The quantitative estimate of drug-likeness (QED) is 0.256. The zero-order valence-electron chi connectivity index (χ0n) is 20.2. The Bertz CT molecular complexity index is 1760. The van der Waals surface area contributed by atoms with E-state index >= 15 is 0 Å². The smallest absolute Gasteiger partial charge is 0.161 e. The van der Waals surface area contributed by atoms with Gasteiger partial charge in [-0.15, -0.1) is 10.2 Å². The summed E-state index contributed by atoms with van der Waals surface area (Å²) in [7, 11) is 0. The summed E-state index contributed by atoms with van der Waals surface area (Å²) in [6.07, 6.45) is 3.44. The summed E-state index contributed by atoms with van der Waals surface area (Å²) in [5, 5.41) is 24.1. The van der Waals surface area contributed by atoms with Gasteiger partial charge in [0.25, 0.3) is 0 Å². The van der Waals surface area contributed by atoms with Gasteiger partial charge >= 0.3 is 0 Å². The van der Waals surface area contributed by atoms with Crippen LogP contribution in [0.1, 0.15) is 5.56 Å². The van der Waals surface area contributed by atoms with E-state index in [1.54, 1.807) is 18.5 Å². The van der Waals surface area contributed by atoms with Crippen molar-refractivity contribution >= 4 is 22.3 Å². The summed E-state index contributed by atoms with van der Waals surface area (Å²) in [5.41, 5.74) is 4.92. The highest BCUT2D eigenvalue weighted by molar-refractivity contribution is 6.00. The van der Waals surface area contributed by atoms with Crippen LogP contribution in [0.15, 0.2) is 122 Å². The predicted octanol–water partition coefficient (Wildman–Crippen LogP) is 7.77. The first-order chi connectivity index (χ1) is 18.8. The summed E-state index contributed by atoms with van der Waals surface area (Å²) < 4.78 is 6.23. The van der Waals surface area contributed by atoms with Gasteiger partial charge in [0.15, 0.2) is 11.6 Å². The Morgan fingerprint density at radius 3 is 2.16 bits per heavy atom. The van der Waals surface area contributed by atoms with Gasteiger partial charge in [0.05, 0.1) is 5.56 Å². The normalized spacial score (nSPS) is 10.6. The maximum atomic E-state index is 9.69. The molecule has 6 heteroatoms. The van der Waals surface area contributed by atoms with Crippen molar-refractivity contribution in [1.29, 1.82) is 5.26 Å². The third-order valence-electron chi connectivity index (χ3n) is 6.20. The SMILES string of the molecule is N#Cc1cccc(-c2ccncc2)c1Oc1ccc(Nc2nnc(-c3ccccc3)c3ccccc23)cc1. The molecule has 0 amide bonds. The van der Waals surface area contributed by atoms with E-state index in [2.05, 4.69) is 32.6 Å². The van der Waals surface area contributed by atoms with Crippen LogP contribution in [-0.4, -0.2) is 15.2 Å². The monoisotopic (exact) mass is 491 g/mol. The maximum Gasteiger partial charge on any atom is 0.161 e. The molecule has 2 aromatic heterocycles. The van der Waals surface area contributed by atoms with Crippen molar-refractivity contribution in [2.45, 2.75) is 0 Å². The number of ether oxygens (including phenoxy) is 1. The summed E-state index contributed by atoms with van der Waals surface area (Å²) in [4.78, 5) is 4.09. The van der Waals surface area contributed by atoms with E-state index in [0.29, 0.717) is 22.9 Å². The summed E-state index contributed by atoms with van der Waals surface area (Å²) >= 11 is 0. The number of fused-ring (bicyclic) bond motifs is 1. The highest BCUT2D eigenvalue weighted by atomic mass is 16.5. The molecule has 2 heterocycles. The van der Waals surface area contributed by atoms with Gasteiger partial charge in [0.1, 0.15) is 17.5 Å². The Kier molecular flexibility index (Phi) is 6.15. The molecule has 0 aliphatic carbocycles. The number of hydrogen-bond donors (Lipinski definition) is 1. The summed E-state index contributed by atoms with van der Waals surface area (Å²) in [6, 6.07) is 37.3. The molecule has 0 saturated carbocycles. The zero-order valence-corrected chi connectivity index (χ0v) is 20.2. The topological polar surface area (TPSA) is 83.7 Å². The fourth-order valence-electron chi connectivity index (χ4n) is 4.36. The number of para-hydroxylation sites is 1. The zero-order chi connectivity index (χ0) is 25.7. The maximum absolute atomic E-state index is 9.69. The van der Waals surface area contributed by atoms with E-state index in [1.165, 1.54) is 0 Å². The minimum atomic E-state index is 0.460. The van der Waals surface area contributed by atoms with Gasteiger partial charge in [0.2, 0.25) is 0 Å². The molecule has 0 spiro atoms. The lowest BCUT2D eigenvalue weighted by molar-refractivity contribution is 0.483. The first-order valence-corrected chi connectivity index (χ1v) is 12.1. The standard InChI is InChI=1S/C32H21N5O/c33-21-24-9-6-12-27(22-17-19-34-20-18-22)31(24)38-26-15-13-25(14-16-26)35-32-29-11-5-4-10-28(29)30(36-37-32)23-7-2-1-3-8-23/h1-20H,(H,35,37). The highest BCUT2D eigenvalue weighted by Crippen LogP contribution is 2.37. The molecule has 38 heavy (non-hydrogen) atoms. The van der Waals surface area contributed by atoms with E-state index in [1.807, 2.05) is 97.1 Å². The van der Waals surface area contributed by atoms with Gasteiger partial charge in [-0.2, -0.15) is 5.26 Å². The average Bonchev–Trinajstić information content (AvgIpc) is 2.99. The molecule has 0 aliphatic heterocycles. The molecule has 6 rings (SSSR count).